The van der Waals surface area contributed by atoms with Crippen LogP contribution in [0.25, 0.3) is 0 Å². The molecule has 0 aliphatic heterocycles. The van der Waals surface area contributed by atoms with Gasteiger partial charge in [-0.3, -0.25) is 4.79 Å². The molecule has 0 aromatic carbocycles. The summed E-state index contributed by atoms with van der Waals surface area (Å²) in [6.45, 7) is 10.0. The van der Waals surface area contributed by atoms with Crippen molar-refractivity contribution in [2.45, 2.75) is 59.9 Å². The third kappa shape index (κ3) is 3.42. The molecule has 0 unspecified atom stereocenters. The Morgan fingerprint density at radius 2 is 2.06 bits per heavy atom. The third-order valence-electron chi connectivity index (χ3n) is 3.30. The molecule has 3 nitrogen and oxygen atoms in total. The lowest BCUT2D eigenvalue weighted by Crippen LogP contribution is -2.78. The van der Waals surface area contributed by atoms with Crippen molar-refractivity contribution in [3.63, 3.8) is 0 Å². The molecule has 0 radical (unpaired) electrons. The number of rotatable bonds is 3. The minimum atomic E-state index is -0.124. The zero-order valence-electron chi connectivity index (χ0n) is 11.6. The number of aliphatic hydroxyl groups is 1. The van der Waals surface area contributed by atoms with Crippen LogP contribution in [0.1, 0.15) is 53.9 Å². The molecule has 1 atom stereocenters. The number of nitrogens with one attached hydrogen (secondary N) is 1. The fourth-order valence-corrected chi connectivity index (χ4v) is 2.26. The van der Waals surface area contributed by atoms with Crippen LogP contribution in [0, 0.1) is 5.41 Å². The number of hydrogen-bond donors (Lipinski definition) is 2. The summed E-state index contributed by atoms with van der Waals surface area (Å²) < 4.78 is 0. The van der Waals surface area contributed by atoms with Gasteiger partial charge in [0.2, 0.25) is 0 Å². The van der Waals surface area contributed by atoms with Gasteiger partial charge in [0.25, 0.3) is 0 Å². The quantitative estimate of drug-likeness (QED) is 0.733. The summed E-state index contributed by atoms with van der Waals surface area (Å²) in [5.41, 5.74) is 1.18. The summed E-state index contributed by atoms with van der Waals surface area (Å²) in [6, 6.07) is 0.318. The second-order valence-electron chi connectivity index (χ2n) is 5.84. The first-order valence-corrected chi connectivity index (χ1v) is 6.32. The fraction of sp³-hybridized carbons (Fsp3) is 0.714. The average Bonchev–Trinajstić information content (AvgIpc) is 2.13. The van der Waals surface area contributed by atoms with Gasteiger partial charge >= 0.3 is 0 Å². The van der Waals surface area contributed by atoms with Gasteiger partial charge in [-0.1, -0.05) is 20.8 Å². The van der Waals surface area contributed by atoms with Crippen LogP contribution in [0.15, 0.2) is 11.3 Å². The Kier molecular flexibility index (Phi) is 4.12. The molecule has 17 heavy (non-hydrogen) atoms. The highest BCUT2D eigenvalue weighted by molar-refractivity contribution is 6.20. The van der Waals surface area contributed by atoms with Gasteiger partial charge in [-0.15, -0.1) is 0 Å². The Bertz CT molecular complexity index is 378. The van der Waals surface area contributed by atoms with Crippen LogP contribution in [-0.2, 0) is 4.79 Å². The van der Waals surface area contributed by atoms with Crippen molar-refractivity contribution in [1.29, 1.82) is 0 Å². The molecular formula is C14H24NO2+. The van der Waals surface area contributed by atoms with Crippen molar-refractivity contribution >= 4 is 11.5 Å². The van der Waals surface area contributed by atoms with Crippen LogP contribution in [-0.4, -0.2) is 22.6 Å². The van der Waals surface area contributed by atoms with Gasteiger partial charge in [0.15, 0.2) is 11.5 Å². The molecule has 96 valence electrons. The lowest BCUT2D eigenvalue weighted by molar-refractivity contribution is -0.498. The fourth-order valence-electron chi connectivity index (χ4n) is 2.26. The highest BCUT2D eigenvalue weighted by Crippen LogP contribution is 2.35. The minimum Gasteiger partial charge on any atom is -0.511 e. The number of ketones is 1. The first-order valence-electron chi connectivity index (χ1n) is 6.32. The van der Waals surface area contributed by atoms with E-state index in [1.165, 1.54) is 0 Å². The van der Waals surface area contributed by atoms with E-state index in [2.05, 4.69) is 18.8 Å². The first-order chi connectivity index (χ1) is 7.76. The maximum Gasteiger partial charge on any atom is 0.185 e. The molecule has 1 aliphatic carbocycles. The highest BCUT2D eigenvalue weighted by atomic mass is 16.3. The summed E-state index contributed by atoms with van der Waals surface area (Å²) in [5.74, 6) is 0.284. The zero-order valence-corrected chi connectivity index (χ0v) is 11.6. The van der Waals surface area contributed by atoms with E-state index in [1.54, 1.807) is 0 Å². The van der Waals surface area contributed by atoms with Gasteiger partial charge in [0.05, 0.1) is 0 Å². The lowest BCUT2D eigenvalue weighted by Gasteiger charge is -2.28. The van der Waals surface area contributed by atoms with Crippen molar-refractivity contribution in [1.82, 2.24) is 0 Å². The Morgan fingerprint density at radius 3 is 2.53 bits per heavy atom. The molecule has 0 heterocycles. The van der Waals surface area contributed by atoms with Gasteiger partial charge in [-0.05, 0) is 12.3 Å². The lowest BCUT2D eigenvalue weighted by atomic mass is 9.76. The summed E-state index contributed by atoms with van der Waals surface area (Å²) in [4.78, 5) is 15.3. The third-order valence-corrected chi connectivity index (χ3v) is 3.30. The summed E-state index contributed by atoms with van der Waals surface area (Å²) in [7, 11) is 0. The summed E-state index contributed by atoms with van der Waals surface area (Å²) >= 11 is 0. The predicted molar refractivity (Wildman–Crippen MR) is 69.1 cm³/mol. The highest BCUT2D eigenvalue weighted by Gasteiger charge is 2.35. The Hall–Kier alpha value is -1.12. The van der Waals surface area contributed by atoms with E-state index in [1.807, 2.05) is 20.8 Å². The molecule has 0 bridgehead atoms. The number of aliphatic hydroxyl groups excluding tert-OH is 1. The number of Topliss-reactive ketones (excluding diaryl/α,β-unsaturated/α-hetero) is 1. The van der Waals surface area contributed by atoms with Crippen LogP contribution in [0.3, 0.4) is 0 Å². The van der Waals surface area contributed by atoms with Gasteiger partial charge in [-0.25, -0.2) is 4.99 Å². The zero-order chi connectivity index (χ0) is 13.2. The molecular weight excluding hydrogens is 214 g/mol. The molecule has 0 fully saturated rings. The van der Waals surface area contributed by atoms with E-state index >= 15 is 0 Å². The number of allylic oxidation sites excluding steroid dienone is 2. The van der Waals surface area contributed by atoms with E-state index in [9.17, 15) is 9.90 Å². The second-order valence-corrected chi connectivity index (χ2v) is 5.84. The standard InChI is InChI=1S/C14H23NO2/c1-6-9(2)15-10(3)13-11(16)7-14(4,5)8-12(13)17/h9,16H,6-8H2,1-5H3/p+1/t9-/m1/s1. The molecule has 2 N–H and O–H groups in total. The van der Waals surface area contributed by atoms with Crippen molar-refractivity contribution in [2.75, 3.05) is 0 Å². The van der Waals surface area contributed by atoms with Crippen LogP contribution in [0.5, 0.6) is 0 Å². The van der Waals surface area contributed by atoms with E-state index in [4.69, 9.17) is 0 Å². The van der Waals surface area contributed by atoms with Gasteiger partial charge in [0.1, 0.15) is 17.4 Å². The van der Waals surface area contributed by atoms with E-state index in [-0.39, 0.29) is 17.0 Å². The molecule has 0 amide bonds. The Morgan fingerprint density at radius 1 is 1.47 bits per heavy atom. The molecule has 0 aromatic rings. The molecule has 0 aromatic heterocycles. The number of carbonyl (C=O) groups excluding carboxylic acids is 1. The second kappa shape index (κ2) is 5.03. The van der Waals surface area contributed by atoms with Crippen molar-refractivity contribution in [3.05, 3.63) is 11.3 Å². The number of hydrogen-bond acceptors (Lipinski definition) is 2. The van der Waals surface area contributed by atoms with E-state index in [0.29, 0.717) is 24.5 Å². The van der Waals surface area contributed by atoms with Crippen molar-refractivity contribution in [2.24, 2.45) is 5.41 Å². The van der Waals surface area contributed by atoms with E-state index in [0.717, 1.165) is 12.1 Å². The monoisotopic (exact) mass is 238 g/mol. The molecule has 1 aliphatic rings. The SMILES string of the molecule is CC[C@@H](C)[NH+]=C(C)C1=C(O)CC(C)(C)CC1=O. The molecule has 0 saturated carbocycles. The molecule has 1 rings (SSSR count). The average molecular weight is 238 g/mol. The predicted octanol–water partition coefficient (Wildman–Crippen LogP) is 1.53. The van der Waals surface area contributed by atoms with Crippen molar-refractivity contribution < 1.29 is 14.9 Å². The van der Waals surface area contributed by atoms with Gasteiger partial charge in [0, 0.05) is 26.2 Å². The van der Waals surface area contributed by atoms with Crippen LogP contribution in [0.4, 0.5) is 0 Å². The molecule has 0 spiro atoms. The smallest absolute Gasteiger partial charge is 0.185 e. The topological polar surface area (TPSA) is 51.3 Å². The summed E-state index contributed by atoms with van der Waals surface area (Å²) in [6.07, 6.45) is 2.07. The maximum atomic E-state index is 12.1. The normalized spacial score (nSPS) is 22.9. The van der Waals surface area contributed by atoms with Gasteiger partial charge in [-0.2, -0.15) is 0 Å². The largest absolute Gasteiger partial charge is 0.511 e. The van der Waals surface area contributed by atoms with Gasteiger partial charge < -0.3 is 5.11 Å². The Balaban J connectivity index is 3.05. The molecule has 0 saturated heterocycles. The maximum absolute atomic E-state index is 12.1. The molecule has 3 heteroatoms. The van der Waals surface area contributed by atoms with E-state index < -0.39 is 0 Å². The Labute approximate surface area is 104 Å². The van der Waals surface area contributed by atoms with Crippen molar-refractivity contribution in [3.8, 4) is 0 Å². The minimum absolute atomic E-state index is 0.0482. The number of carbonyl (C=O) groups is 1. The summed E-state index contributed by atoms with van der Waals surface area (Å²) in [5, 5.41) is 10.0. The van der Waals surface area contributed by atoms with Crippen LogP contribution < -0.4 is 4.99 Å². The van der Waals surface area contributed by atoms with Crippen LogP contribution in [0.2, 0.25) is 0 Å². The van der Waals surface area contributed by atoms with Crippen LogP contribution >= 0.6 is 0 Å². The first kappa shape index (κ1) is 13.9.